The molecule has 422 valence electrons. The van der Waals surface area contributed by atoms with Gasteiger partial charge >= 0.3 is 5.97 Å². The number of rotatable bonds is 24. The Balaban J connectivity index is 0.767. The summed E-state index contributed by atoms with van der Waals surface area (Å²) < 4.78 is 28.3. The number of aryl methyl sites for hydroxylation is 1. The van der Waals surface area contributed by atoms with Crippen LogP contribution in [0.3, 0.4) is 0 Å². The van der Waals surface area contributed by atoms with E-state index in [1.807, 2.05) is 0 Å². The summed E-state index contributed by atoms with van der Waals surface area (Å²) in [7, 11) is 0.106. The second-order valence-electron chi connectivity index (χ2n) is 20.7. The standard InChI is InChI=1S/C55H62FN10O13P/c1-3-55(77)34-19-39-48-32(25-66(39)52(74)33(34)26-78-54(55)76)47-36(16-15-31-28(2)35(56)20-37(63-48)46(31)47)64-51(73)49(30-13-14-30)79-27-61-43(69)23-60-50(72)38(18-29-10-6-4-7-11-29)62-44(70)24-59-42(68)22-58-41(67)12-8-5-9-17-65-45(71)21-40(80-57)53(65)75/h4,6-7,10-11,19-20,30,36,38,40,49,57,77H,3,5,8-9,12-18,21-27H2,1-2H3,(H,58,67)(H,59,68)(H,60,72)(H,61,69)(H,62,70)(H,64,73)/t36-,38-,40?,49?,55-/m0/s1. The molecule has 1 saturated carbocycles. The number of fused-ring (bicyclic) bond motifs is 5. The van der Waals surface area contributed by atoms with Crippen molar-refractivity contribution >= 4 is 72.5 Å². The molecular weight excluding hydrogens is 1060 g/mol. The lowest BCUT2D eigenvalue weighted by Crippen LogP contribution is -2.52. The molecular formula is C55H62FN10O13P. The number of unbranched alkanes of at least 4 members (excludes halogenated alkanes) is 2. The molecule has 1 saturated heterocycles. The number of carbonyl (C=O) groups is 9. The molecule has 4 aromatic rings. The average molecular weight is 1120 g/mol. The Morgan fingerprint density at radius 2 is 1.62 bits per heavy atom. The van der Waals surface area contributed by atoms with Gasteiger partial charge in [-0.2, -0.15) is 0 Å². The number of halogens is 1. The number of hydrogen-bond acceptors (Lipinski definition) is 15. The van der Waals surface area contributed by atoms with Crippen molar-refractivity contribution in [2.75, 3.05) is 32.9 Å². The molecule has 2 aromatic heterocycles. The Kier molecular flexibility index (Phi) is 17.3. The number of esters is 1. The van der Waals surface area contributed by atoms with Gasteiger partial charge in [-0.25, -0.2) is 14.2 Å². The van der Waals surface area contributed by atoms with E-state index in [-0.39, 0.29) is 82.6 Å². The number of amides is 8. The van der Waals surface area contributed by atoms with Gasteiger partial charge in [0, 0.05) is 56.8 Å². The highest BCUT2D eigenvalue weighted by Crippen LogP contribution is 2.46. The Bertz CT molecular complexity index is 3280. The molecule has 23 nitrogen and oxygen atoms in total. The maximum absolute atomic E-state index is 15.5. The second kappa shape index (κ2) is 24.3. The monoisotopic (exact) mass is 1120 g/mol. The number of cyclic esters (lactones) is 1. The third-order valence-corrected chi connectivity index (χ3v) is 16.2. The Labute approximate surface area is 459 Å². The molecule has 80 heavy (non-hydrogen) atoms. The van der Waals surface area contributed by atoms with Crippen molar-refractivity contribution in [2.45, 2.75) is 127 Å². The number of pyridine rings is 2. The van der Waals surface area contributed by atoms with Crippen molar-refractivity contribution in [3.8, 4) is 11.4 Å². The number of benzene rings is 2. The van der Waals surface area contributed by atoms with Gasteiger partial charge in [0.05, 0.1) is 54.7 Å². The van der Waals surface area contributed by atoms with Crippen LogP contribution >= 0.6 is 8.37 Å². The van der Waals surface area contributed by atoms with E-state index in [1.165, 1.54) is 10.6 Å². The molecule has 3 aliphatic heterocycles. The van der Waals surface area contributed by atoms with E-state index in [0.717, 1.165) is 10.5 Å². The summed E-state index contributed by atoms with van der Waals surface area (Å²) in [6, 6.07) is 9.89. The fourth-order valence-corrected chi connectivity index (χ4v) is 11.4. The first-order chi connectivity index (χ1) is 38.4. The summed E-state index contributed by atoms with van der Waals surface area (Å²) in [5, 5.41) is 35.2. The third kappa shape index (κ3) is 12.0. The number of nitrogens with one attached hydrogen (secondary N) is 7. The molecule has 2 aliphatic carbocycles. The third-order valence-electron chi connectivity index (χ3n) is 15.4. The van der Waals surface area contributed by atoms with E-state index in [9.17, 15) is 53.1 Å². The average Bonchev–Trinajstić information content (AvgIpc) is 4.28. The van der Waals surface area contributed by atoms with Crippen LogP contribution in [0, 0.1) is 23.8 Å². The summed E-state index contributed by atoms with van der Waals surface area (Å²) in [6.45, 7) is 1.39. The highest BCUT2D eigenvalue weighted by atomic mass is 31.1. The first kappa shape index (κ1) is 56.9. The van der Waals surface area contributed by atoms with Crippen LogP contribution in [0.5, 0.6) is 0 Å². The largest absolute Gasteiger partial charge is 0.458 e. The van der Waals surface area contributed by atoms with E-state index in [4.69, 9.17) is 19.6 Å². The molecule has 2 fully saturated rings. The number of nitrogens with zero attached hydrogens (tertiary/aromatic N) is 3. The van der Waals surface area contributed by atoms with E-state index in [0.29, 0.717) is 89.5 Å². The van der Waals surface area contributed by atoms with Crippen LogP contribution < -0.4 is 37.5 Å². The zero-order chi connectivity index (χ0) is 57.0. The number of aliphatic hydroxyl groups is 1. The van der Waals surface area contributed by atoms with Crippen molar-refractivity contribution in [1.29, 1.82) is 5.16 Å². The lowest BCUT2D eigenvalue weighted by Gasteiger charge is -2.31. The van der Waals surface area contributed by atoms with E-state index in [2.05, 4.69) is 31.9 Å². The predicted molar refractivity (Wildman–Crippen MR) is 283 cm³/mol. The Morgan fingerprint density at radius 3 is 2.35 bits per heavy atom. The molecule has 9 rings (SSSR count). The topological polar surface area (TPSA) is 326 Å². The fraction of sp³-hybridized carbons (Fsp3) is 0.473. The van der Waals surface area contributed by atoms with Gasteiger partial charge < -0.3 is 51.0 Å². The maximum Gasteiger partial charge on any atom is 0.343 e. The van der Waals surface area contributed by atoms with Crippen molar-refractivity contribution in [3.05, 3.63) is 97.6 Å². The van der Waals surface area contributed by atoms with Crippen molar-refractivity contribution in [2.24, 2.45) is 5.92 Å². The van der Waals surface area contributed by atoms with E-state index >= 15 is 4.39 Å². The first-order valence-electron chi connectivity index (χ1n) is 26.8. The number of ether oxygens (including phenoxy) is 2. The first-order valence-corrected chi connectivity index (χ1v) is 27.7. The van der Waals surface area contributed by atoms with Crippen LogP contribution in [0.1, 0.15) is 110 Å². The van der Waals surface area contributed by atoms with Crippen LogP contribution in [0.2, 0.25) is 0 Å². The second-order valence-corrected chi connectivity index (χ2v) is 21.6. The molecule has 5 aliphatic rings. The zero-order valence-corrected chi connectivity index (χ0v) is 45.1. The highest BCUT2D eigenvalue weighted by molar-refractivity contribution is 7.28. The molecule has 8 amide bonds. The number of imide groups is 1. The fourth-order valence-electron chi connectivity index (χ4n) is 10.9. The van der Waals surface area contributed by atoms with Gasteiger partial charge in [-0.1, -0.05) is 43.7 Å². The van der Waals surface area contributed by atoms with Crippen LogP contribution in [0.15, 0.2) is 47.3 Å². The summed E-state index contributed by atoms with van der Waals surface area (Å²) in [5.74, 6) is -5.75. The minimum absolute atomic E-state index is 0.0322. The summed E-state index contributed by atoms with van der Waals surface area (Å²) in [5.41, 5.74) is 1.31. The normalized spacial score (nSPS) is 19.6. The van der Waals surface area contributed by atoms with Crippen LogP contribution in [0.25, 0.3) is 22.3 Å². The summed E-state index contributed by atoms with van der Waals surface area (Å²) in [4.78, 5) is 136. The van der Waals surface area contributed by atoms with Gasteiger partial charge in [0.15, 0.2) is 5.60 Å². The minimum atomic E-state index is -2.06. The highest BCUT2D eigenvalue weighted by Gasteiger charge is 2.47. The molecule has 2 aromatic carbocycles. The van der Waals surface area contributed by atoms with Crippen molar-refractivity contribution < 1.29 is 62.1 Å². The SMILES string of the molecule is CC[C@@]1(O)C(=O)OCc2c1cc1n(c2=O)Cc2c-1nc1cc(F)c(C)c3c1c2[C@@H](NC(=O)C(OCNC(=O)CNC(=O)[C@H](Cc1ccccc1)NC(=O)CNC(=O)CNC(=O)CCCCCN1C(=O)CC(P=N)C1=O)C1CC1)CC3. The van der Waals surface area contributed by atoms with Crippen molar-refractivity contribution in [3.63, 3.8) is 0 Å². The van der Waals surface area contributed by atoms with Gasteiger partial charge in [0.2, 0.25) is 47.3 Å². The van der Waals surface area contributed by atoms with Gasteiger partial charge in [0.25, 0.3) is 5.56 Å². The lowest BCUT2D eigenvalue weighted by molar-refractivity contribution is -0.172. The molecule has 0 spiro atoms. The number of carbonyl (C=O) groups excluding carboxylic acids is 9. The Morgan fingerprint density at radius 1 is 0.900 bits per heavy atom. The number of likely N-dealkylation sites (tertiary alicyclic amines) is 1. The quantitative estimate of drug-likeness (QED) is 0.0144. The smallest absolute Gasteiger partial charge is 0.343 e. The molecule has 8 N–H and O–H groups in total. The van der Waals surface area contributed by atoms with E-state index < -0.39 is 109 Å². The predicted octanol–water partition coefficient (Wildman–Crippen LogP) is 1.97. The lowest BCUT2D eigenvalue weighted by atomic mass is 9.81. The molecule has 2 unspecified atom stereocenters. The van der Waals surface area contributed by atoms with E-state index in [1.54, 1.807) is 50.2 Å². The minimum Gasteiger partial charge on any atom is -0.458 e. The number of hydrogen-bond donors (Lipinski definition) is 8. The number of aromatic nitrogens is 2. The van der Waals surface area contributed by atoms with Gasteiger partial charge in [-0.05, 0) is 86.1 Å². The summed E-state index contributed by atoms with van der Waals surface area (Å²) >= 11 is 0. The van der Waals surface area contributed by atoms with Crippen molar-refractivity contribution in [1.82, 2.24) is 46.4 Å². The molecule has 0 bridgehead atoms. The van der Waals surface area contributed by atoms with Gasteiger partial charge in [-0.3, -0.25) is 53.2 Å². The molecule has 5 heterocycles. The summed E-state index contributed by atoms with van der Waals surface area (Å²) in [6.07, 6.45) is 2.75. The van der Waals surface area contributed by atoms with Crippen LogP contribution in [-0.4, -0.2) is 123 Å². The van der Waals surface area contributed by atoms with Crippen LogP contribution in [0.4, 0.5) is 4.39 Å². The van der Waals surface area contributed by atoms with Crippen LogP contribution in [-0.2, 0) is 84.2 Å². The zero-order valence-electron chi connectivity index (χ0n) is 44.2. The van der Waals surface area contributed by atoms with Gasteiger partial charge in [-0.15, -0.1) is 0 Å². The Hall–Kier alpha value is -7.82. The molecule has 25 heteroatoms. The maximum atomic E-state index is 15.5. The molecule has 0 radical (unpaired) electrons. The molecule has 5 atom stereocenters. The van der Waals surface area contributed by atoms with Gasteiger partial charge in [0.1, 0.15) is 37.0 Å².